The van der Waals surface area contributed by atoms with Crippen molar-refractivity contribution in [3.8, 4) is 5.75 Å². The first kappa shape index (κ1) is 25.6. The first-order valence-corrected chi connectivity index (χ1v) is 12.4. The molecule has 0 bridgehead atoms. The maximum atomic E-state index is 13.8. The highest BCUT2D eigenvalue weighted by molar-refractivity contribution is 5.98. The number of ether oxygens (including phenoxy) is 2. The molecule has 2 aromatic rings. The zero-order chi connectivity index (χ0) is 25.7. The summed E-state index contributed by atoms with van der Waals surface area (Å²) in [6.45, 7) is 5.33. The summed E-state index contributed by atoms with van der Waals surface area (Å²) in [5.74, 6) is 0.445. The summed E-state index contributed by atoms with van der Waals surface area (Å²) in [6.07, 6.45) is 3.05. The van der Waals surface area contributed by atoms with Crippen LogP contribution in [0.2, 0.25) is 0 Å². The van der Waals surface area contributed by atoms with E-state index in [-0.39, 0.29) is 36.8 Å². The zero-order valence-electron chi connectivity index (χ0n) is 21.1. The number of methoxy groups -OCH3 is 1. The highest BCUT2D eigenvalue weighted by Gasteiger charge is 2.54. The third-order valence-corrected chi connectivity index (χ3v) is 6.77. The summed E-state index contributed by atoms with van der Waals surface area (Å²) in [4.78, 5) is 47.4. The van der Waals surface area contributed by atoms with Gasteiger partial charge >= 0.3 is 0 Å². The molecule has 0 aliphatic carbocycles. The molecule has 192 valence electrons. The molecule has 3 heterocycles. The second kappa shape index (κ2) is 11.1. The van der Waals surface area contributed by atoms with Crippen molar-refractivity contribution in [2.75, 3.05) is 26.8 Å². The molecule has 9 heteroatoms. The third-order valence-electron chi connectivity index (χ3n) is 6.77. The van der Waals surface area contributed by atoms with Gasteiger partial charge in [0, 0.05) is 44.1 Å². The standard InChI is InChI=1S/C27H34N4O5/c1-19(2)16-24(32)30-14-11-27(12-15-30)31(26(34)20-7-9-22(35-3)10-8-20)23(18-36-27)25(33)29-17-21-6-4-5-13-28-21/h4-10,13,19,23H,11-12,14-18H2,1-3H3,(H,29,33)/t23-/m1/s1. The monoisotopic (exact) mass is 494 g/mol. The Kier molecular flexibility index (Phi) is 7.88. The second-order valence-electron chi connectivity index (χ2n) is 9.69. The summed E-state index contributed by atoms with van der Waals surface area (Å²) in [6, 6.07) is 11.5. The minimum Gasteiger partial charge on any atom is -0.497 e. The van der Waals surface area contributed by atoms with Crippen molar-refractivity contribution in [1.82, 2.24) is 20.1 Å². The number of hydrogen-bond donors (Lipinski definition) is 1. The van der Waals surface area contributed by atoms with Gasteiger partial charge in [-0.25, -0.2) is 0 Å². The van der Waals surface area contributed by atoms with Crippen LogP contribution in [0.25, 0.3) is 0 Å². The summed E-state index contributed by atoms with van der Waals surface area (Å²) >= 11 is 0. The first-order chi connectivity index (χ1) is 17.3. The van der Waals surface area contributed by atoms with Crippen LogP contribution < -0.4 is 10.1 Å². The van der Waals surface area contributed by atoms with E-state index in [0.717, 1.165) is 5.69 Å². The largest absolute Gasteiger partial charge is 0.497 e. The molecule has 1 aromatic carbocycles. The molecule has 1 spiro atoms. The number of amides is 3. The van der Waals surface area contributed by atoms with E-state index in [1.807, 2.05) is 36.9 Å². The molecule has 3 amide bonds. The average molecular weight is 495 g/mol. The van der Waals surface area contributed by atoms with Gasteiger partial charge < -0.3 is 19.7 Å². The van der Waals surface area contributed by atoms with Crippen LogP contribution >= 0.6 is 0 Å². The summed E-state index contributed by atoms with van der Waals surface area (Å²) in [7, 11) is 1.57. The predicted octanol–water partition coefficient (Wildman–Crippen LogP) is 2.61. The van der Waals surface area contributed by atoms with Crippen molar-refractivity contribution < 1.29 is 23.9 Å². The highest BCUT2D eigenvalue weighted by atomic mass is 16.5. The lowest BCUT2D eigenvalue weighted by atomic mass is 9.96. The van der Waals surface area contributed by atoms with Crippen molar-refractivity contribution in [3.63, 3.8) is 0 Å². The Balaban J connectivity index is 1.55. The van der Waals surface area contributed by atoms with Gasteiger partial charge in [-0.2, -0.15) is 0 Å². The number of aromatic nitrogens is 1. The first-order valence-electron chi connectivity index (χ1n) is 12.4. The number of benzene rings is 1. The minimum atomic E-state index is -0.946. The van der Waals surface area contributed by atoms with Gasteiger partial charge in [0.2, 0.25) is 11.8 Å². The van der Waals surface area contributed by atoms with Crippen LogP contribution in [-0.2, 0) is 20.9 Å². The van der Waals surface area contributed by atoms with E-state index in [2.05, 4.69) is 10.3 Å². The molecule has 9 nitrogen and oxygen atoms in total. The van der Waals surface area contributed by atoms with Crippen LogP contribution in [0.1, 0.15) is 49.2 Å². The van der Waals surface area contributed by atoms with Gasteiger partial charge in [-0.1, -0.05) is 19.9 Å². The van der Waals surface area contributed by atoms with Crippen molar-refractivity contribution in [2.45, 2.75) is 51.4 Å². The molecule has 2 aliphatic heterocycles. The number of piperidine rings is 1. The molecule has 1 aromatic heterocycles. The fourth-order valence-electron chi connectivity index (χ4n) is 4.82. The van der Waals surface area contributed by atoms with Crippen LogP contribution in [0.15, 0.2) is 48.7 Å². The topological polar surface area (TPSA) is 101 Å². The van der Waals surface area contributed by atoms with Gasteiger partial charge in [0.25, 0.3) is 5.91 Å². The molecule has 0 radical (unpaired) electrons. The Morgan fingerprint density at radius 3 is 2.47 bits per heavy atom. The molecular weight excluding hydrogens is 460 g/mol. The molecule has 2 fully saturated rings. The lowest BCUT2D eigenvalue weighted by Crippen LogP contribution is -2.59. The van der Waals surface area contributed by atoms with Crippen molar-refractivity contribution in [3.05, 3.63) is 59.9 Å². The highest BCUT2D eigenvalue weighted by Crippen LogP contribution is 2.39. The predicted molar refractivity (Wildman–Crippen MR) is 133 cm³/mol. The molecule has 1 atom stereocenters. The number of carbonyl (C=O) groups is 3. The van der Waals surface area contributed by atoms with E-state index in [1.54, 1.807) is 42.5 Å². The van der Waals surface area contributed by atoms with Gasteiger partial charge in [-0.3, -0.25) is 24.3 Å². The third kappa shape index (κ3) is 5.51. The lowest BCUT2D eigenvalue weighted by Gasteiger charge is -2.44. The average Bonchev–Trinajstić information content (AvgIpc) is 3.26. The van der Waals surface area contributed by atoms with E-state index in [4.69, 9.17) is 9.47 Å². The second-order valence-corrected chi connectivity index (χ2v) is 9.69. The van der Waals surface area contributed by atoms with Gasteiger partial charge in [-0.15, -0.1) is 0 Å². The quantitative estimate of drug-likeness (QED) is 0.635. The molecule has 2 aliphatic rings. The molecule has 4 rings (SSSR count). The number of likely N-dealkylation sites (tertiary alicyclic amines) is 1. The molecule has 0 unspecified atom stereocenters. The van der Waals surface area contributed by atoms with Crippen LogP contribution in [0.5, 0.6) is 5.75 Å². The van der Waals surface area contributed by atoms with Crippen molar-refractivity contribution in [2.24, 2.45) is 5.92 Å². The number of nitrogens with zero attached hydrogens (tertiary/aromatic N) is 3. The number of pyridine rings is 1. The van der Waals surface area contributed by atoms with E-state index >= 15 is 0 Å². The maximum absolute atomic E-state index is 13.8. The molecule has 2 saturated heterocycles. The Bertz CT molecular complexity index is 1070. The number of nitrogens with one attached hydrogen (secondary N) is 1. The zero-order valence-corrected chi connectivity index (χ0v) is 21.1. The molecule has 0 saturated carbocycles. The summed E-state index contributed by atoms with van der Waals surface area (Å²) in [5.41, 5.74) is 0.226. The SMILES string of the molecule is COc1ccc(C(=O)N2[C@@H](C(=O)NCc3ccccn3)COC23CCN(C(=O)CC(C)C)CC3)cc1. The smallest absolute Gasteiger partial charge is 0.256 e. The van der Waals surface area contributed by atoms with Crippen molar-refractivity contribution >= 4 is 17.7 Å². The van der Waals surface area contributed by atoms with E-state index in [0.29, 0.717) is 43.7 Å². The van der Waals surface area contributed by atoms with Crippen LogP contribution in [0.3, 0.4) is 0 Å². The van der Waals surface area contributed by atoms with E-state index in [1.165, 1.54) is 0 Å². The Morgan fingerprint density at radius 1 is 1.14 bits per heavy atom. The summed E-state index contributed by atoms with van der Waals surface area (Å²) in [5, 5.41) is 2.91. The lowest BCUT2D eigenvalue weighted by molar-refractivity contribution is -0.144. The van der Waals surface area contributed by atoms with Gasteiger partial charge in [0.15, 0.2) is 0 Å². The van der Waals surface area contributed by atoms with Crippen LogP contribution in [-0.4, -0.2) is 71.1 Å². The molecule has 1 N–H and O–H groups in total. The minimum absolute atomic E-state index is 0.0931. The Hall–Kier alpha value is -3.46. The Labute approximate surface area is 211 Å². The maximum Gasteiger partial charge on any atom is 0.256 e. The van der Waals surface area contributed by atoms with Gasteiger partial charge in [-0.05, 0) is 42.3 Å². The fraction of sp³-hybridized carbons (Fsp3) is 0.481. The Morgan fingerprint density at radius 2 is 1.86 bits per heavy atom. The van der Waals surface area contributed by atoms with Crippen molar-refractivity contribution in [1.29, 1.82) is 0 Å². The summed E-state index contributed by atoms with van der Waals surface area (Å²) < 4.78 is 11.5. The van der Waals surface area contributed by atoms with E-state index in [9.17, 15) is 14.4 Å². The fourth-order valence-corrected chi connectivity index (χ4v) is 4.82. The van der Waals surface area contributed by atoms with E-state index < -0.39 is 11.8 Å². The molecule has 36 heavy (non-hydrogen) atoms. The number of hydrogen-bond acceptors (Lipinski definition) is 6. The van der Waals surface area contributed by atoms with Gasteiger partial charge in [0.05, 0.1) is 26.0 Å². The normalized spacial score (nSPS) is 18.9. The number of carbonyl (C=O) groups excluding carboxylic acids is 3. The van der Waals surface area contributed by atoms with Crippen LogP contribution in [0, 0.1) is 5.92 Å². The number of rotatable bonds is 7. The van der Waals surface area contributed by atoms with Gasteiger partial charge in [0.1, 0.15) is 17.5 Å². The molecular formula is C27H34N4O5. The van der Waals surface area contributed by atoms with Crippen LogP contribution in [0.4, 0.5) is 0 Å².